The zero-order valence-corrected chi connectivity index (χ0v) is 9.64. The molecule has 0 saturated carbocycles. The van der Waals surface area contributed by atoms with E-state index in [1.165, 1.54) is 6.07 Å². The zero-order chi connectivity index (χ0) is 14.9. The van der Waals surface area contributed by atoms with E-state index in [2.05, 4.69) is 0 Å². The van der Waals surface area contributed by atoms with Gasteiger partial charge in [0, 0.05) is 0 Å². The molecule has 0 aliphatic carbocycles. The lowest BCUT2D eigenvalue weighted by atomic mass is 10.4. The first-order valence-electron chi connectivity index (χ1n) is 4.49. The van der Waals surface area contributed by atoms with Crippen LogP contribution in [0.15, 0.2) is 39.6 Å². The third-order valence-electron chi connectivity index (χ3n) is 1.79. The topological polar surface area (TPSA) is 46.5 Å². The van der Waals surface area contributed by atoms with Gasteiger partial charge in [-0.05, 0) is 12.1 Å². The fourth-order valence-electron chi connectivity index (χ4n) is 1.03. The van der Waals surface area contributed by atoms with E-state index in [4.69, 9.17) is 0 Å². The summed E-state index contributed by atoms with van der Waals surface area (Å²) in [7, 11) is -5.08. The Morgan fingerprint density at radius 3 is 1.68 bits per heavy atom. The number of alkyl halides is 6. The van der Waals surface area contributed by atoms with Gasteiger partial charge in [-0.2, -0.15) is 34.8 Å². The fourth-order valence-corrected chi connectivity index (χ4v) is 2.08. The SMILES string of the molecule is O=S(=O)(N=C(C(F)(F)F)C(F)(F)F)c1ccccc1. The Bertz CT molecular complexity index is 557. The maximum absolute atomic E-state index is 12.1. The minimum absolute atomic E-state index is 0.763. The van der Waals surface area contributed by atoms with Crippen molar-refractivity contribution in [1.82, 2.24) is 0 Å². The van der Waals surface area contributed by atoms with Gasteiger partial charge < -0.3 is 0 Å². The first-order chi connectivity index (χ1) is 8.44. The highest BCUT2D eigenvalue weighted by Crippen LogP contribution is 2.31. The van der Waals surface area contributed by atoms with Gasteiger partial charge in [0.25, 0.3) is 10.0 Å². The van der Waals surface area contributed by atoms with Crippen LogP contribution < -0.4 is 0 Å². The molecule has 10 heteroatoms. The second-order valence-corrected chi connectivity index (χ2v) is 4.83. The molecule has 3 nitrogen and oxygen atoms in total. The fraction of sp³-hybridized carbons (Fsp3) is 0.222. The van der Waals surface area contributed by atoms with Gasteiger partial charge in [0.05, 0.1) is 4.90 Å². The highest BCUT2D eigenvalue weighted by Gasteiger charge is 2.54. The van der Waals surface area contributed by atoms with E-state index >= 15 is 0 Å². The number of rotatable bonds is 2. The van der Waals surface area contributed by atoms with Crippen LogP contribution in [0.3, 0.4) is 0 Å². The van der Waals surface area contributed by atoms with Gasteiger partial charge in [-0.3, -0.25) is 0 Å². The molecule has 0 atom stereocenters. The molecule has 1 aromatic rings. The largest absolute Gasteiger partial charge is 0.439 e. The minimum Gasteiger partial charge on any atom is -0.199 e. The number of benzene rings is 1. The molecule has 0 aliphatic heterocycles. The van der Waals surface area contributed by atoms with E-state index in [9.17, 15) is 34.8 Å². The monoisotopic (exact) mass is 305 g/mol. The standard InChI is InChI=1S/C9H5F6NO2S/c10-8(11,12)7(9(13,14)15)16-19(17,18)6-4-2-1-3-5-6/h1-5H. The second kappa shape index (κ2) is 4.83. The first-order valence-corrected chi connectivity index (χ1v) is 5.93. The lowest BCUT2D eigenvalue weighted by molar-refractivity contribution is -0.117. The normalized spacial score (nSPS) is 13.2. The van der Waals surface area contributed by atoms with Crippen LogP contribution in [0, 0.1) is 0 Å². The Morgan fingerprint density at radius 1 is 0.895 bits per heavy atom. The molecule has 1 rings (SSSR count). The van der Waals surface area contributed by atoms with Crippen molar-refractivity contribution in [3.8, 4) is 0 Å². The number of hydrogen-bond acceptors (Lipinski definition) is 2. The molecule has 0 saturated heterocycles. The van der Waals surface area contributed by atoms with Gasteiger partial charge in [-0.25, -0.2) is 0 Å². The third kappa shape index (κ3) is 3.94. The van der Waals surface area contributed by atoms with Crippen LogP contribution in [-0.2, 0) is 10.0 Å². The highest BCUT2D eigenvalue weighted by atomic mass is 32.2. The molecule has 0 heterocycles. The van der Waals surface area contributed by atoms with Crippen LogP contribution in [0.4, 0.5) is 26.3 Å². The molecule has 1 aromatic carbocycles. The number of nitrogens with zero attached hydrogens (tertiary/aromatic N) is 1. The molecule has 0 aromatic heterocycles. The molecule has 0 spiro atoms. The molecule has 0 radical (unpaired) electrons. The van der Waals surface area contributed by atoms with E-state index in [1.54, 1.807) is 0 Å². The lowest BCUT2D eigenvalue weighted by Crippen LogP contribution is -2.37. The average molecular weight is 305 g/mol. The maximum Gasteiger partial charge on any atom is 0.439 e. The molecule has 0 bridgehead atoms. The zero-order valence-electron chi connectivity index (χ0n) is 8.83. The smallest absolute Gasteiger partial charge is 0.199 e. The molecular weight excluding hydrogens is 300 g/mol. The van der Waals surface area contributed by atoms with E-state index in [0.29, 0.717) is 0 Å². The number of hydrogen-bond donors (Lipinski definition) is 0. The summed E-state index contributed by atoms with van der Waals surface area (Å²) in [6.45, 7) is 0. The van der Waals surface area contributed by atoms with Crippen LogP contribution >= 0.6 is 0 Å². The van der Waals surface area contributed by atoms with Crippen molar-refractivity contribution < 1.29 is 34.8 Å². The van der Waals surface area contributed by atoms with Gasteiger partial charge in [-0.15, -0.1) is 4.40 Å². The highest BCUT2D eigenvalue weighted by molar-refractivity contribution is 7.90. The average Bonchev–Trinajstić information content (AvgIpc) is 2.24. The van der Waals surface area contributed by atoms with Crippen LogP contribution in [0.5, 0.6) is 0 Å². The summed E-state index contributed by atoms with van der Waals surface area (Å²) < 4.78 is 97.4. The number of halogens is 6. The maximum atomic E-state index is 12.1. The Morgan fingerprint density at radius 2 is 1.32 bits per heavy atom. The first kappa shape index (κ1) is 15.5. The second-order valence-electron chi connectivity index (χ2n) is 3.22. The van der Waals surface area contributed by atoms with E-state index in [0.717, 1.165) is 24.3 Å². The number of sulfonamides is 1. The summed E-state index contributed by atoms with van der Waals surface area (Å²) in [4.78, 5) is -0.763. The predicted molar refractivity (Wildman–Crippen MR) is 53.2 cm³/mol. The Hall–Kier alpha value is -1.58. The summed E-state index contributed by atoms with van der Waals surface area (Å²) in [6, 6.07) is 5.30. The van der Waals surface area contributed by atoms with Crippen molar-refractivity contribution in [2.75, 3.05) is 0 Å². The van der Waals surface area contributed by atoms with Crippen molar-refractivity contribution in [3.63, 3.8) is 0 Å². The lowest BCUT2D eigenvalue weighted by Gasteiger charge is -2.13. The molecule has 0 amide bonds. The van der Waals surface area contributed by atoms with E-state index in [-0.39, 0.29) is 0 Å². The summed E-state index contributed by atoms with van der Waals surface area (Å²) in [5.41, 5.74) is -3.32. The molecule has 19 heavy (non-hydrogen) atoms. The third-order valence-corrected chi connectivity index (χ3v) is 3.08. The molecule has 0 fully saturated rings. The van der Waals surface area contributed by atoms with Gasteiger partial charge in [0.2, 0.25) is 5.71 Å². The van der Waals surface area contributed by atoms with Gasteiger partial charge in [0.1, 0.15) is 0 Å². The van der Waals surface area contributed by atoms with Crippen LogP contribution in [0.2, 0.25) is 0 Å². The van der Waals surface area contributed by atoms with Crippen molar-refractivity contribution >= 4 is 15.7 Å². The molecular formula is C9H5F6NO2S. The Labute approximate surface area is 103 Å². The quantitative estimate of drug-likeness (QED) is 0.623. The predicted octanol–water partition coefficient (Wildman–Crippen LogP) is 2.94. The summed E-state index contributed by atoms with van der Waals surface area (Å²) in [6.07, 6.45) is -11.8. The van der Waals surface area contributed by atoms with Gasteiger partial charge >= 0.3 is 12.4 Å². The van der Waals surface area contributed by atoms with Gasteiger partial charge in [0.15, 0.2) is 0 Å². The molecule has 0 aliphatic rings. The van der Waals surface area contributed by atoms with Crippen LogP contribution in [-0.4, -0.2) is 26.5 Å². The Kier molecular flexibility index (Phi) is 3.94. The summed E-state index contributed by atoms with van der Waals surface area (Å²) in [5, 5.41) is 0. The van der Waals surface area contributed by atoms with Crippen LogP contribution in [0.25, 0.3) is 0 Å². The van der Waals surface area contributed by atoms with Crippen molar-refractivity contribution in [2.45, 2.75) is 17.2 Å². The molecule has 106 valence electrons. The van der Waals surface area contributed by atoms with Crippen molar-refractivity contribution in [1.29, 1.82) is 0 Å². The van der Waals surface area contributed by atoms with E-state index < -0.39 is 33.0 Å². The Balaban J connectivity index is 3.40. The van der Waals surface area contributed by atoms with Crippen LogP contribution in [0.1, 0.15) is 0 Å². The van der Waals surface area contributed by atoms with Crippen molar-refractivity contribution in [3.05, 3.63) is 30.3 Å². The van der Waals surface area contributed by atoms with Crippen molar-refractivity contribution in [2.24, 2.45) is 4.40 Å². The minimum atomic E-state index is -5.92. The molecule has 0 N–H and O–H groups in total. The molecule has 0 unspecified atom stereocenters. The summed E-state index contributed by atoms with van der Waals surface area (Å²) >= 11 is 0. The summed E-state index contributed by atoms with van der Waals surface area (Å²) in [5.74, 6) is 0. The van der Waals surface area contributed by atoms with Gasteiger partial charge in [-0.1, -0.05) is 18.2 Å². The van der Waals surface area contributed by atoms with E-state index in [1.807, 2.05) is 4.40 Å².